The van der Waals surface area contributed by atoms with Gasteiger partial charge in [-0.3, -0.25) is 0 Å². The molecule has 0 atom stereocenters. The molecule has 0 aliphatic carbocycles. The lowest BCUT2D eigenvalue weighted by Crippen LogP contribution is -2.17. The first-order valence-corrected chi connectivity index (χ1v) is 5.96. The van der Waals surface area contributed by atoms with E-state index in [1.807, 2.05) is 20.9 Å². The van der Waals surface area contributed by atoms with Crippen LogP contribution in [0.4, 0.5) is 11.6 Å². The molecule has 0 bridgehead atoms. The molecule has 0 saturated carbocycles. The molecule has 0 saturated heterocycles. The van der Waals surface area contributed by atoms with Crippen LogP contribution >= 0.6 is 0 Å². The molecule has 0 aromatic carbocycles. The highest BCUT2D eigenvalue weighted by atomic mass is 15.1. The number of nitrogens with zero attached hydrogens (tertiary/aromatic N) is 3. The molecule has 0 amide bonds. The Morgan fingerprint density at radius 2 is 1.76 bits per heavy atom. The van der Waals surface area contributed by atoms with Crippen molar-refractivity contribution in [3.05, 3.63) is 11.4 Å². The predicted octanol–water partition coefficient (Wildman–Crippen LogP) is 1.50. The summed E-state index contributed by atoms with van der Waals surface area (Å²) in [6, 6.07) is 0. The molecule has 0 aliphatic rings. The zero-order valence-corrected chi connectivity index (χ0v) is 11.5. The van der Waals surface area contributed by atoms with Gasteiger partial charge in [-0.15, -0.1) is 0 Å². The Kier molecular flexibility index (Phi) is 5.15. The second-order valence-electron chi connectivity index (χ2n) is 4.43. The Hall–Kier alpha value is -1.36. The van der Waals surface area contributed by atoms with Gasteiger partial charge in [0.2, 0.25) is 0 Å². The zero-order chi connectivity index (χ0) is 12.8. The van der Waals surface area contributed by atoms with Crippen molar-refractivity contribution in [3.63, 3.8) is 0 Å². The van der Waals surface area contributed by atoms with Crippen LogP contribution in [-0.2, 0) is 0 Å². The molecule has 0 spiro atoms. The van der Waals surface area contributed by atoms with Gasteiger partial charge < -0.3 is 15.5 Å². The summed E-state index contributed by atoms with van der Waals surface area (Å²) >= 11 is 0. The first-order chi connectivity index (χ1) is 8.04. The van der Waals surface area contributed by atoms with Gasteiger partial charge >= 0.3 is 0 Å². The van der Waals surface area contributed by atoms with Gasteiger partial charge in [-0.25, -0.2) is 9.97 Å². The Morgan fingerprint density at radius 1 is 1.12 bits per heavy atom. The van der Waals surface area contributed by atoms with Crippen molar-refractivity contribution in [1.29, 1.82) is 0 Å². The molecule has 1 aromatic rings. The number of aromatic nitrogens is 2. The van der Waals surface area contributed by atoms with E-state index in [2.05, 4.69) is 39.6 Å². The lowest BCUT2D eigenvalue weighted by atomic mass is 10.3. The molecular formula is C12H23N5. The number of anilines is 2. The molecule has 5 heteroatoms. The fourth-order valence-electron chi connectivity index (χ4n) is 1.65. The lowest BCUT2D eigenvalue weighted by molar-refractivity contribution is 0.405. The van der Waals surface area contributed by atoms with E-state index in [9.17, 15) is 0 Å². The molecule has 17 heavy (non-hydrogen) atoms. The monoisotopic (exact) mass is 237 g/mol. The normalized spacial score (nSPS) is 10.7. The summed E-state index contributed by atoms with van der Waals surface area (Å²) in [6.07, 6.45) is 1.10. The summed E-state index contributed by atoms with van der Waals surface area (Å²) in [5, 5.41) is 6.45. The van der Waals surface area contributed by atoms with Gasteiger partial charge in [-0.2, -0.15) is 0 Å². The summed E-state index contributed by atoms with van der Waals surface area (Å²) in [5.74, 6) is 2.61. The number of hydrogen-bond acceptors (Lipinski definition) is 5. The molecule has 1 aromatic heterocycles. The molecule has 1 rings (SSSR count). The van der Waals surface area contributed by atoms with Gasteiger partial charge in [0.25, 0.3) is 0 Å². The quantitative estimate of drug-likeness (QED) is 0.734. The highest BCUT2D eigenvalue weighted by molar-refractivity contribution is 5.56. The van der Waals surface area contributed by atoms with Crippen LogP contribution in [0.5, 0.6) is 0 Å². The summed E-state index contributed by atoms with van der Waals surface area (Å²) in [6.45, 7) is 5.94. The van der Waals surface area contributed by atoms with E-state index in [1.54, 1.807) is 0 Å². The van der Waals surface area contributed by atoms with E-state index in [-0.39, 0.29) is 0 Å². The lowest BCUT2D eigenvalue weighted by Gasteiger charge is -2.13. The Bertz CT molecular complexity index is 362. The molecule has 0 radical (unpaired) electrons. The smallest absolute Gasteiger partial charge is 0.134 e. The molecule has 5 nitrogen and oxygen atoms in total. The molecular weight excluding hydrogens is 214 g/mol. The fraction of sp³-hybridized carbons (Fsp3) is 0.667. The van der Waals surface area contributed by atoms with Crippen molar-refractivity contribution in [3.8, 4) is 0 Å². The van der Waals surface area contributed by atoms with Crippen molar-refractivity contribution >= 4 is 11.6 Å². The Labute approximate surface area is 104 Å². The minimum absolute atomic E-state index is 0.787. The van der Waals surface area contributed by atoms with Crippen LogP contribution < -0.4 is 10.6 Å². The highest BCUT2D eigenvalue weighted by Gasteiger charge is 2.07. The van der Waals surface area contributed by atoms with Crippen molar-refractivity contribution in [2.75, 3.05) is 44.9 Å². The first-order valence-electron chi connectivity index (χ1n) is 5.96. The number of hydrogen-bond donors (Lipinski definition) is 2. The number of nitrogens with one attached hydrogen (secondary N) is 2. The van der Waals surface area contributed by atoms with Crippen LogP contribution in [0.15, 0.2) is 0 Å². The molecule has 0 fully saturated rings. The molecule has 96 valence electrons. The molecule has 1 heterocycles. The third-order valence-corrected chi connectivity index (χ3v) is 2.57. The second kappa shape index (κ2) is 6.39. The maximum Gasteiger partial charge on any atom is 0.134 e. The molecule has 2 N–H and O–H groups in total. The maximum absolute atomic E-state index is 4.42. The fourth-order valence-corrected chi connectivity index (χ4v) is 1.65. The van der Waals surface area contributed by atoms with E-state index < -0.39 is 0 Å². The van der Waals surface area contributed by atoms with Crippen LogP contribution in [-0.4, -0.2) is 49.1 Å². The van der Waals surface area contributed by atoms with Gasteiger partial charge in [0.15, 0.2) is 0 Å². The minimum atomic E-state index is 0.787. The van der Waals surface area contributed by atoms with Crippen LogP contribution in [0.25, 0.3) is 0 Å². The van der Waals surface area contributed by atoms with Gasteiger partial charge in [0.05, 0.1) is 0 Å². The maximum atomic E-state index is 4.42. The Balaban J connectivity index is 2.61. The second-order valence-corrected chi connectivity index (χ2v) is 4.43. The summed E-state index contributed by atoms with van der Waals surface area (Å²) in [5.41, 5.74) is 1.07. The van der Waals surface area contributed by atoms with Gasteiger partial charge in [-0.05, 0) is 40.9 Å². The van der Waals surface area contributed by atoms with Crippen molar-refractivity contribution in [2.24, 2.45) is 0 Å². The summed E-state index contributed by atoms with van der Waals surface area (Å²) in [7, 11) is 6.04. The zero-order valence-electron chi connectivity index (χ0n) is 11.5. The number of rotatable bonds is 6. The molecule has 0 aliphatic heterocycles. The van der Waals surface area contributed by atoms with Crippen LogP contribution in [0.2, 0.25) is 0 Å². The third kappa shape index (κ3) is 4.19. The van der Waals surface area contributed by atoms with Crippen LogP contribution in [0.1, 0.15) is 17.8 Å². The van der Waals surface area contributed by atoms with Gasteiger partial charge in [0.1, 0.15) is 17.5 Å². The standard InChI is InChI=1S/C12H23N5/c1-9-11(13-3)15-10(2)16-12(9)14-7-6-8-17(4)5/h6-8H2,1-5H3,(H2,13,14,15,16). The van der Waals surface area contributed by atoms with Crippen LogP contribution in [0.3, 0.4) is 0 Å². The Morgan fingerprint density at radius 3 is 2.35 bits per heavy atom. The average molecular weight is 237 g/mol. The van der Waals surface area contributed by atoms with Gasteiger partial charge in [-0.1, -0.05) is 0 Å². The van der Waals surface area contributed by atoms with E-state index in [0.717, 1.165) is 42.5 Å². The van der Waals surface area contributed by atoms with Crippen molar-refractivity contribution in [2.45, 2.75) is 20.3 Å². The van der Waals surface area contributed by atoms with E-state index >= 15 is 0 Å². The average Bonchev–Trinajstić information content (AvgIpc) is 2.28. The van der Waals surface area contributed by atoms with E-state index in [4.69, 9.17) is 0 Å². The van der Waals surface area contributed by atoms with Gasteiger partial charge in [0, 0.05) is 19.2 Å². The third-order valence-electron chi connectivity index (χ3n) is 2.57. The predicted molar refractivity (Wildman–Crippen MR) is 72.7 cm³/mol. The number of aryl methyl sites for hydroxylation is 1. The van der Waals surface area contributed by atoms with Crippen molar-refractivity contribution in [1.82, 2.24) is 14.9 Å². The minimum Gasteiger partial charge on any atom is -0.373 e. The van der Waals surface area contributed by atoms with E-state index in [1.165, 1.54) is 0 Å². The highest BCUT2D eigenvalue weighted by Crippen LogP contribution is 2.18. The van der Waals surface area contributed by atoms with Crippen molar-refractivity contribution < 1.29 is 0 Å². The SMILES string of the molecule is CNc1nc(C)nc(NCCCN(C)C)c1C. The van der Waals surface area contributed by atoms with Crippen LogP contribution in [0, 0.1) is 13.8 Å². The van der Waals surface area contributed by atoms with E-state index in [0.29, 0.717) is 0 Å². The summed E-state index contributed by atoms with van der Waals surface area (Å²) in [4.78, 5) is 10.9. The molecule has 0 unspecified atom stereocenters. The summed E-state index contributed by atoms with van der Waals surface area (Å²) < 4.78 is 0. The largest absolute Gasteiger partial charge is 0.373 e. The first kappa shape index (κ1) is 13.7. The topological polar surface area (TPSA) is 53.1 Å².